The van der Waals surface area contributed by atoms with Gasteiger partial charge >= 0.3 is 0 Å². The van der Waals surface area contributed by atoms with Crippen LogP contribution in [0.25, 0.3) is 0 Å². The molecule has 0 saturated carbocycles. The molecule has 1 aromatic rings. The number of rotatable bonds is 6. The first-order valence-electron chi connectivity index (χ1n) is 6.38. The lowest BCUT2D eigenvalue weighted by molar-refractivity contribution is 0.352. The number of benzene rings is 1. The van der Waals surface area contributed by atoms with Crippen molar-refractivity contribution in [2.24, 2.45) is 0 Å². The van der Waals surface area contributed by atoms with Crippen LogP contribution < -0.4 is 10.1 Å². The molecule has 2 nitrogen and oxygen atoms in total. The Morgan fingerprint density at radius 2 is 2.33 bits per heavy atom. The van der Waals surface area contributed by atoms with E-state index >= 15 is 0 Å². The van der Waals surface area contributed by atoms with Crippen LogP contribution in [0.5, 0.6) is 5.75 Å². The predicted octanol–water partition coefficient (Wildman–Crippen LogP) is 3.62. The van der Waals surface area contributed by atoms with E-state index in [4.69, 9.17) is 4.74 Å². The first kappa shape index (κ1) is 14.2. The van der Waals surface area contributed by atoms with E-state index in [2.05, 4.69) is 46.6 Å². The zero-order valence-electron chi connectivity index (χ0n) is 11.0. The molecule has 1 aliphatic rings. The number of halogens is 1. The molecule has 0 saturated heterocycles. The van der Waals surface area contributed by atoms with E-state index in [1.54, 1.807) is 0 Å². The van der Waals surface area contributed by atoms with E-state index in [0.717, 1.165) is 41.6 Å². The van der Waals surface area contributed by atoms with Crippen LogP contribution in [0.15, 0.2) is 16.6 Å². The molecule has 0 amide bonds. The van der Waals surface area contributed by atoms with Gasteiger partial charge in [0.2, 0.25) is 0 Å². The average Bonchev–Trinajstić information content (AvgIpc) is 2.81. The van der Waals surface area contributed by atoms with E-state index in [1.165, 1.54) is 17.5 Å². The van der Waals surface area contributed by atoms with Gasteiger partial charge in [0.15, 0.2) is 0 Å². The highest BCUT2D eigenvalue weighted by molar-refractivity contribution is 9.10. The summed E-state index contributed by atoms with van der Waals surface area (Å²) in [5.41, 5.74) is 2.60. The molecule has 0 radical (unpaired) electrons. The molecule has 1 aliphatic heterocycles. The van der Waals surface area contributed by atoms with Crippen molar-refractivity contribution in [2.75, 3.05) is 19.4 Å². The van der Waals surface area contributed by atoms with Gasteiger partial charge in [-0.1, -0.05) is 22.9 Å². The third-order valence-electron chi connectivity index (χ3n) is 3.27. The van der Waals surface area contributed by atoms with Crippen molar-refractivity contribution in [3.05, 3.63) is 27.7 Å². The summed E-state index contributed by atoms with van der Waals surface area (Å²) in [6.07, 6.45) is 4.41. The number of thioether (sulfide) groups is 1. The summed E-state index contributed by atoms with van der Waals surface area (Å²) in [5.74, 6) is 1.10. The maximum Gasteiger partial charge on any atom is 0.127 e. The molecule has 0 spiro atoms. The topological polar surface area (TPSA) is 21.3 Å². The molecule has 0 fully saturated rings. The average molecular weight is 330 g/mol. The van der Waals surface area contributed by atoms with Crippen LogP contribution in [0.4, 0.5) is 0 Å². The standard InChI is InChI=1S/C14H20BrNOS/c1-10(18-2)3-5-16-9-12-8-13(15)7-11-4-6-17-14(11)12/h7-8,10,16H,3-6,9H2,1-2H3. The molecule has 1 N–H and O–H groups in total. The van der Waals surface area contributed by atoms with Gasteiger partial charge in [0, 0.05) is 28.3 Å². The zero-order chi connectivity index (χ0) is 13.0. The summed E-state index contributed by atoms with van der Waals surface area (Å²) < 4.78 is 6.87. The Kier molecular flexibility index (Phi) is 5.39. The van der Waals surface area contributed by atoms with E-state index in [0.29, 0.717) is 0 Å². The predicted molar refractivity (Wildman–Crippen MR) is 82.6 cm³/mol. The Morgan fingerprint density at radius 1 is 1.50 bits per heavy atom. The van der Waals surface area contributed by atoms with Crippen molar-refractivity contribution >= 4 is 27.7 Å². The van der Waals surface area contributed by atoms with Crippen LogP contribution in [0.2, 0.25) is 0 Å². The molecule has 0 aliphatic carbocycles. The molecular formula is C14H20BrNOS. The summed E-state index contributed by atoms with van der Waals surface area (Å²) in [5, 5.41) is 4.23. The quantitative estimate of drug-likeness (QED) is 0.805. The van der Waals surface area contributed by atoms with Gasteiger partial charge in [-0.15, -0.1) is 0 Å². The second-order valence-electron chi connectivity index (χ2n) is 4.66. The van der Waals surface area contributed by atoms with Crippen LogP contribution in [-0.4, -0.2) is 24.7 Å². The molecule has 0 aromatic heterocycles. The summed E-state index contributed by atoms with van der Waals surface area (Å²) in [6, 6.07) is 4.33. The van der Waals surface area contributed by atoms with Crippen LogP contribution in [-0.2, 0) is 13.0 Å². The fourth-order valence-corrected chi connectivity index (χ4v) is 3.03. The molecule has 2 rings (SSSR count). The molecule has 1 unspecified atom stereocenters. The van der Waals surface area contributed by atoms with Crippen molar-refractivity contribution in [2.45, 2.75) is 31.6 Å². The lowest BCUT2D eigenvalue weighted by atomic mass is 10.1. The van der Waals surface area contributed by atoms with E-state index in [9.17, 15) is 0 Å². The minimum atomic E-state index is 0.724. The number of ether oxygens (including phenoxy) is 1. The van der Waals surface area contributed by atoms with E-state index in [1.807, 2.05) is 11.8 Å². The second kappa shape index (κ2) is 6.83. The summed E-state index contributed by atoms with van der Waals surface area (Å²) in [6.45, 7) is 5.04. The van der Waals surface area contributed by atoms with E-state index < -0.39 is 0 Å². The van der Waals surface area contributed by atoms with Gasteiger partial charge in [-0.2, -0.15) is 11.8 Å². The highest BCUT2D eigenvalue weighted by Gasteiger charge is 2.16. The third-order valence-corrected chi connectivity index (χ3v) is 4.77. The molecular weight excluding hydrogens is 310 g/mol. The first-order valence-corrected chi connectivity index (χ1v) is 8.46. The summed E-state index contributed by atoms with van der Waals surface area (Å²) >= 11 is 5.49. The van der Waals surface area contributed by atoms with Crippen molar-refractivity contribution in [1.82, 2.24) is 5.32 Å². The Labute approximate surface area is 122 Å². The van der Waals surface area contributed by atoms with Gasteiger partial charge in [-0.25, -0.2) is 0 Å². The monoisotopic (exact) mass is 329 g/mol. The molecule has 4 heteroatoms. The molecule has 1 heterocycles. The van der Waals surface area contributed by atoms with Crippen LogP contribution in [0.3, 0.4) is 0 Å². The van der Waals surface area contributed by atoms with Crippen LogP contribution in [0, 0.1) is 0 Å². The van der Waals surface area contributed by atoms with Crippen molar-refractivity contribution in [1.29, 1.82) is 0 Å². The van der Waals surface area contributed by atoms with Crippen molar-refractivity contribution in [3.63, 3.8) is 0 Å². The van der Waals surface area contributed by atoms with Crippen LogP contribution >= 0.6 is 27.7 Å². The minimum Gasteiger partial charge on any atom is -0.493 e. The normalized spacial score (nSPS) is 15.3. The van der Waals surface area contributed by atoms with Gasteiger partial charge in [0.1, 0.15) is 5.75 Å². The van der Waals surface area contributed by atoms with Crippen LogP contribution in [0.1, 0.15) is 24.5 Å². The van der Waals surface area contributed by atoms with Gasteiger partial charge < -0.3 is 10.1 Å². The van der Waals surface area contributed by atoms with E-state index in [-0.39, 0.29) is 0 Å². The number of hydrogen-bond acceptors (Lipinski definition) is 3. The number of hydrogen-bond donors (Lipinski definition) is 1. The molecule has 18 heavy (non-hydrogen) atoms. The van der Waals surface area contributed by atoms with Gasteiger partial charge in [-0.05, 0) is 36.9 Å². The van der Waals surface area contributed by atoms with Gasteiger partial charge in [0.25, 0.3) is 0 Å². The largest absolute Gasteiger partial charge is 0.493 e. The highest BCUT2D eigenvalue weighted by Crippen LogP contribution is 2.32. The fraction of sp³-hybridized carbons (Fsp3) is 0.571. The molecule has 0 bridgehead atoms. The Morgan fingerprint density at radius 3 is 3.11 bits per heavy atom. The van der Waals surface area contributed by atoms with Crippen molar-refractivity contribution < 1.29 is 4.74 Å². The third kappa shape index (κ3) is 3.65. The lowest BCUT2D eigenvalue weighted by Crippen LogP contribution is -2.18. The maximum atomic E-state index is 5.72. The zero-order valence-corrected chi connectivity index (χ0v) is 13.4. The Hall–Kier alpha value is -0.190. The second-order valence-corrected chi connectivity index (χ2v) is 6.86. The highest BCUT2D eigenvalue weighted by atomic mass is 79.9. The number of nitrogens with one attached hydrogen (secondary N) is 1. The smallest absolute Gasteiger partial charge is 0.127 e. The summed E-state index contributed by atoms with van der Waals surface area (Å²) in [4.78, 5) is 0. The van der Waals surface area contributed by atoms with Gasteiger partial charge in [0.05, 0.1) is 6.61 Å². The molecule has 1 atom stereocenters. The van der Waals surface area contributed by atoms with Crippen molar-refractivity contribution in [3.8, 4) is 5.75 Å². The Balaban J connectivity index is 1.90. The maximum absolute atomic E-state index is 5.72. The SMILES string of the molecule is CSC(C)CCNCc1cc(Br)cc2c1OCC2. The summed E-state index contributed by atoms with van der Waals surface area (Å²) in [7, 11) is 0. The lowest BCUT2D eigenvalue weighted by Gasteiger charge is -2.12. The fourth-order valence-electron chi connectivity index (χ4n) is 2.12. The molecule has 1 aromatic carbocycles. The Bertz CT molecular complexity index is 411. The number of fused-ring (bicyclic) bond motifs is 1. The first-order chi connectivity index (χ1) is 8.70. The van der Waals surface area contributed by atoms with Gasteiger partial charge in [-0.3, -0.25) is 0 Å². The minimum absolute atomic E-state index is 0.724. The molecule has 100 valence electrons.